The average Bonchev–Trinajstić information content (AvgIpc) is 2.71. The quantitative estimate of drug-likeness (QED) is 0.269. The molecule has 0 amide bonds. The lowest BCUT2D eigenvalue weighted by Crippen LogP contribution is -2.33. The van der Waals surface area contributed by atoms with Gasteiger partial charge in [0.25, 0.3) is 0 Å². The van der Waals surface area contributed by atoms with Gasteiger partial charge in [-0.15, -0.1) is 0 Å². The third-order valence-corrected chi connectivity index (χ3v) is 5.36. The Kier molecular flexibility index (Phi) is 9.80. The minimum absolute atomic E-state index is 0.0254. The summed E-state index contributed by atoms with van der Waals surface area (Å²) in [6, 6.07) is 0. The van der Waals surface area contributed by atoms with Gasteiger partial charge in [-0.05, 0) is 57.8 Å². The largest absolute Gasteiger partial charge is 0.462 e. The van der Waals surface area contributed by atoms with Crippen LogP contribution in [0.25, 0.3) is 0 Å². The lowest BCUT2D eigenvalue weighted by Gasteiger charge is -2.31. The Bertz CT molecular complexity index is 467. The van der Waals surface area contributed by atoms with E-state index in [9.17, 15) is 9.59 Å². The third kappa shape index (κ3) is 7.99. The second kappa shape index (κ2) is 12.1. The summed E-state index contributed by atoms with van der Waals surface area (Å²) in [6.07, 6.45) is 9.56. The van der Waals surface area contributed by atoms with Crippen molar-refractivity contribution in [1.82, 2.24) is 5.48 Å². The Hall–Kier alpha value is -1.44. The molecule has 0 bridgehead atoms. The summed E-state index contributed by atoms with van der Waals surface area (Å²) in [4.78, 5) is 27.9. The SMILES string of the molecule is C=CC(=O)ONCCCOC1CCC(OC(=O)C2CCC(OC)CC2)CC1. The first-order valence-electron chi connectivity index (χ1n) is 10.0. The molecule has 2 rings (SSSR count). The summed E-state index contributed by atoms with van der Waals surface area (Å²) in [5, 5.41) is 0. The van der Waals surface area contributed by atoms with Crippen LogP contribution < -0.4 is 5.48 Å². The first-order chi connectivity index (χ1) is 13.1. The van der Waals surface area contributed by atoms with Gasteiger partial charge in [-0.3, -0.25) is 4.79 Å². The molecule has 7 heteroatoms. The molecule has 0 radical (unpaired) electrons. The van der Waals surface area contributed by atoms with Crippen molar-refractivity contribution in [1.29, 1.82) is 0 Å². The number of hydrogen-bond acceptors (Lipinski definition) is 7. The standard InChI is InChI=1S/C20H33NO6/c1-3-19(22)27-21-13-4-14-25-17-9-11-18(12-10-17)26-20(23)15-5-7-16(24-2)8-6-15/h3,15-18,21H,1,4-14H2,2H3. The average molecular weight is 383 g/mol. The zero-order valence-electron chi connectivity index (χ0n) is 16.3. The minimum atomic E-state index is -0.490. The van der Waals surface area contributed by atoms with Crippen molar-refractivity contribution in [3.05, 3.63) is 12.7 Å². The molecule has 0 saturated heterocycles. The van der Waals surface area contributed by atoms with Gasteiger partial charge in [0.05, 0.1) is 18.1 Å². The molecular weight excluding hydrogens is 350 g/mol. The summed E-state index contributed by atoms with van der Waals surface area (Å²) >= 11 is 0. The molecule has 0 unspecified atom stereocenters. The number of ether oxygens (including phenoxy) is 3. The lowest BCUT2D eigenvalue weighted by molar-refractivity contribution is -0.159. The van der Waals surface area contributed by atoms with Crippen LogP contribution in [0.15, 0.2) is 12.7 Å². The smallest absolute Gasteiger partial charge is 0.348 e. The highest BCUT2D eigenvalue weighted by Gasteiger charge is 2.30. The molecule has 0 atom stereocenters. The summed E-state index contributed by atoms with van der Waals surface area (Å²) in [7, 11) is 1.73. The zero-order chi connectivity index (χ0) is 19.5. The van der Waals surface area contributed by atoms with E-state index in [1.165, 1.54) is 0 Å². The van der Waals surface area contributed by atoms with E-state index < -0.39 is 5.97 Å². The van der Waals surface area contributed by atoms with Gasteiger partial charge >= 0.3 is 11.9 Å². The molecule has 0 aromatic carbocycles. The van der Waals surface area contributed by atoms with Crippen molar-refractivity contribution in [2.45, 2.75) is 76.1 Å². The van der Waals surface area contributed by atoms with E-state index in [2.05, 4.69) is 16.9 Å². The molecule has 2 saturated carbocycles. The van der Waals surface area contributed by atoms with Crippen molar-refractivity contribution < 1.29 is 28.6 Å². The van der Waals surface area contributed by atoms with Crippen LogP contribution in [0.5, 0.6) is 0 Å². The van der Waals surface area contributed by atoms with Gasteiger partial charge in [0.15, 0.2) is 0 Å². The molecule has 7 nitrogen and oxygen atoms in total. The number of methoxy groups -OCH3 is 1. The van der Waals surface area contributed by atoms with Crippen molar-refractivity contribution in [3.8, 4) is 0 Å². The Labute approximate surface area is 161 Å². The van der Waals surface area contributed by atoms with Gasteiger partial charge in [0.2, 0.25) is 0 Å². The number of hydrogen-bond donors (Lipinski definition) is 1. The maximum Gasteiger partial charge on any atom is 0.348 e. The topological polar surface area (TPSA) is 83.1 Å². The minimum Gasteiger partial charge on any atom is -0.462 e. The van der Waals surface area contributed by atoms with Crippen LogP contribution in [-0.4, -0.2) is 50.5 Å². The van der Waals surface area contributed by atoms with Gasteiger partial charge in [-0.25, -0.2) is 4.79 Å². The summed E-state index contributed by atoms with van der Waals surface area (Å²) < 4.78 is 16.9. The second-order valence-electron chi connectivity index (χ2n) is 7.29. The first kappa shape index (κ1) is 21.9. The third-order valence-electron chi connectivity index (χ3n) is 5.36. The van der Waals surface area contributed by atoms with Crippen molar-refractivity contribution in [2.75, 3.05) is 20.3 Å². The fraction of sp³-hybridized carbons (Fsp3) is 0.800. The Balaban J connectivity index is 1.52. The molecule has 0 heterocycles. The monoisotopic (exact) mass is 383 g/mol. The number of carbonyl (C=O) groups excluding carboxylic acids is 2. The molecular formula is C20H33NO6. The molecule has 27 heavy (non-hydrogen) atoms. The lowest BCUT2D eigenvalue weighted by atomic mass is 9.87. The Morgan fingerprint density at radius 3 is 2.26 bits per heavy atom. The zero-order valence-corrected chi connectivity index (χ0v) is 16.3. The van der Waals surface area contributed by atoms with E-state index in [0.29, 0.717) is 19.3 Å². The highest BCUT2D eigenvalue weighted by Crippen LogP contribution is 2.29. The maximum atomic E-state index is 12.3. The molecule has 0 aromatic rings. The van der Waals surface area contributed by atoms with Gasteiger partial charge in [0, 0.05) is 26.3 Å². The predicted molar refractivity (Wildman–Crippen MR) is 99.8 cm³/mol. The van der Waals surface area contributed by atoms with E-state index in [1.54, 1.807) is 7.11 Å². The van der Waals surface area contributed by atoms with E-state index in [4.69, 9.17) is 14.2 Å². The number of nitrogens with one attached hydrogen (secondary N) is 1. The van der Waals surface area contributed by atoms with Gasteiger partial charge in [-0.2, -0.15) is 5.48 Å². The van der Waals surface area contributed by atoms with Crippen LogP contribution in [0.2, 0.25) is 0 Å². The fourth-order valence-electron chi connectivity index (χ4n) is 3.67. The van der Waals surface area contributed by atoms with Crippen LogP contribution in [0.4, 0.5) is 0 Å². The highest BCUT2D eigenvalue weighted by atomic mass is 16.7. The molecule has 0 aromatic heterocycles. The van der Waals surface area contributed by atoms with Gasteiger partial charge < -0.3 is 19.0 Å². The molecule has 2 fully saturated rings. The Morgan fingerprint density at radius 2 is 1.63 bits per heavy atom. The summed E-state index contributed by atoms with van der Waals surface area (Å²) in [5.41, 5.74) is 2.57. The van der Waals surface area contributed by atoms with Crippen LogP contribution in [0.1, 0.15) is 57.8 Å². The molecule has 1 N–H and O–H groups in total. The van der Waals surface area contributed by atoms with E-state index >= 15 is 0 Å². The highest BCUT2D eigenvalue weighted by molar-refractivity contribution is 5.80. The fourth-order valence-corrected chi connectivity index (χ4v) is 3.67. The van der Waals surface area contributed by atoms with E-state index in [0.717, 1.165) is 63.9 Å². The predicted octanol–water partition coefficient (Wildman–Crippen LogP) is 2.69. The number of rotatable bonds is 10. The molecule has 2 aliphatic rings. The Morgan fingerprint density at radius 1 is 1.00 bits per heavy atom. The molecule has 0 spiro atoms. The summed E-state index contributed by atoms with van der Waals surface area (Å²) in [6.45, 7) is 4.47. The molecule has 2 aliphatic carbocycles. The molecule has 0 aliphatic heterocycles. The van der Waals surface area contributed by atoms with Crippen molar-refractivity contribution in [2.24, 2.45) is 5.92 Å². The number of esters is 1. The number of hydroxylamine groups is 1. The van der Waals surface area contributed by atoms with Gasteiger partial charge in [-0.1, -0.05) is 6.58 Å². The van der Waals surface area contributed by atoms with Crippen molar-refractivity contribution in [3.63, 3.8) is 0 Å². The second-order valence-corrected chi connectivity index (χ2v) is 7.29. The van der Waals surface area contributed by atoms with Crippen molar-refractivity contribution >= 4 is 11.9 Å². The number of carbonyl (C=O) groups is 2. The van der Waals surface area contributed by atoms with E-state index in [1.807, 2.05) is 0 Å². The normalized spacial score (nSPS) is 28.3. The van der Waals surface area contributed by atoms with E-state index in [-0.39, 0.29) is 24.1 Å². The van der Waals surface area contributed by atoms with Crippen LogP contribution in [0.3, 0.4) is 0 Å². The summed E-state index contributed by atoms with van der Waals surface area (Å²) in [5.74, 6) is -0.488. The van der Waals surface area contributed by atoms with Crippen LogP contribution in [-0.2, 0) is 28.6 Å². The first-order valence-corrected chi connectivity index (χ1v) is 10.0. The van der Waals surface area contributed by atoms with Crippen LogP contribution in [0, 0.1) is 5.92 Å². The van der Waals surface area contributed by atoms with Crippen LogP contribution >= 0.6 is 0 Å². The molecule has 154 valence electrons. The maximum absolute atomic E-state index is 12.3. The van der Waals surface area contributed by atoms with Gasteiger partial charge in [0.1, 0.15) is 6.10 Å².